The second kappa shape index (κ2) is 9.34. The second-order valence-corrected chi connectivity index (χ2v) is 8.43. The van der Waals surface area contributed by atoms with Gasteiger partial charge in [0, 0.05) is 32.7 Å². The topological polar surface area (TPSA) is 64.7 Å². The summed E-state index contributed by atoms with van der Waals surface area (Å²) in [5.74, 6) is 0. The highest BCUT2D eigenvalue weighted by atomic mass is 32.2. The minimum absolute atomic E-state index is 0.276. The summed E-state index contributed by atoms with van der Waals surface area (Å²) in [4.78, 5) is 2.53. The maximum Gasteiger partial charge on any atom is 0.243 e. The summed E-state index contributed by atoms with van der Waals surface area (Å²) in [5.41, 5.74) is 1.69. The van der Waals surface area contributed by atoms with E-state index >= 15 is 0 Å². The van der Waals surface area contributed by atoms with E-state index in [9.17, 15) is 8.42 Å². The highest BCUT2D eigenvalue weighted by Gasteiger charge is 2.24. The number of sulfonamides is 1. The fourth-order valence-corrected chi connectivity index (χ4v) is 4.73. The lowest BCUT2D eigenvalue weighted by molar-refractivity contribution is 0.445. The molecule has 0 bridgehead atoms. The van der Waals surface area contributed by atoms with E-state index in [1.54, 1.807) is 18.2 Å². The third kappa shape index (κ3) is 4.75. The van der Waals surface area contributed by atoms with Crippen molar-refractivity contribution in [3.05, 3.63) is 30.9 Å². The molecule has 1 heterocycles. The molecule has 0 aromatic heterocycles. The van der Waals surface area contributed by atoms with Crippen LogP contribution in [0.15, 0.2) is 35.7 Å². The Hall–Kier alpha value is -1.64. The lowest BCUT2D eigenvalue weighted by Crippen LogP contribution is -2.32. The zero-order chi connectivity index (χ0) is 19.2. The second-order valence-electron chi connectivity index (χ2n) is 6.09. The van der Waals surface area contributed by atoms with Gasteiger partial charge in [0.2, 0.25) is 10.0 Å². The molecule has 2 N–H and O–H groups in total. The van der Waals surface area contributed by atoms with E-state index in [1.807, 2.05) is 19.9 Å². The van der Waals surface area contributed by atoms with Crippen LogP contribution < -0.4 is 15.5 Å². The summed E-state index contributed by atoms with van der Waals surface area (Å²) in [6.45, 7) is 10.7. The van der Waals surface area contributed by atoms with Gasteiger partial charge in [0.1, 0.15) is 0 Å². The Balaban J connectivity index is 2.39. The molecule has 1 aliphatic heterocycles. The Morgan fingerprint density at radius 3 is 2.54 bits per heavy atom. The first kappa shape index (κ1) is 20.7. The van der Waals surface area contributed by atoms with Crippen LogP contribution >= 0.6 is 12.2 Å². The highest BCUT2D eigenvalue weighted by Crippen LogP contribution is 2.32. The number of hydrogen-bond donors (Lipinski definition) is 2. The molecule has 1 aromatic rings. The maximum atomic E-state index is 12.9. The molecule has 1 fully saturated rings. The Labute approximate surface area is 162 Å². The van der Waals surface area contributed by atoms with Gasteiger partial charge >= 0.3 is 0 Å². The molecule has 6 nitrogen and oxygen atoms in total. The number of anilines is 2. The third-order valence-electron chi connectivity index (χ3n) is 4.41. The predicted octanol–water partition coefficient (Wildman–Crippen LogP) is 2.79. The van der Waals surface area contributed by atoms with E-state index in [0.29, 0.717) is 30.4 Å². The van der Waals surface area contributed by atoms with Gasteiger partial charge < -0.3 is 15.5 Å². The van der Waals surface area contributed by atoms with Gasteiger partial charge in [0.25, 0.3) is 0 Å². The lowest BCUT2D eigenvalue weighted by Gasteiger charge is -2.24. The highest BCUT2D eigenvalue weighted by molar-refractivity contribution is 7.89. The van der Waals surface area contributed by atoms with Crippen molar-refractivity contribution in [1.29, 1.82) is 0 Å². The molecule has 8 heteroatoms. The van der Waals surface area contributed by atoms with E-state index in [4.69, 9.17) is 12.2 Å². The van der Waals surface area contributed by atoms with Crippen molar-refractivity contribution in [1.82, 2.24) is 9.62 Å². The van der Waals surface area contributed by atoms with E-state index < -0.39 is 10.0 Å². The summed E-state index contributed by atoms with van der Waals surface area (Å²) in [7, 11) is -3.52. The molecule has 0 spiro atoms. The number of benzene rings is 1. The van der Waals surface area contributed by atoms with Gasteiger partial charge in [-0.2, -0.15) is 4.31 Å². The fraction of sp³-hybridized carbons (Fsp3) is 0.500. The average Bonchev–Trinajstić information content (AvgIpc) is 3.15. The van der Waals surface area contributed by atoms with Crippen LogP contribution in [0.4, 0.5) is 11.4 Å². The Kier molecular flexibility index (Phi) is 7.43. The standard InChI is InChI=1S/C18H28N4O2S2/c1-4-11-19-18(25)20-16-14-15(26(23,24)22(5-2)6-3)9-10-17(16)21-12-7-8-13-21/h4,9-10,14H,1,5-8,11-13H2,2-3H3,(H2,19,20,25). The van der Waals surface area contributed by atoms with E-state index in [-0.39, 0.29) is 4.90 Å². The van der Waals surface area contributed by atoms with Crippen LogP contribution in [0.1, 0.15) is 26.7 Å². The van der Waals surface area contributed by atoms with Gasteiger partial charge in [-0.15, -0.1) is 6.58 Å². The third-order valence-corrected chi connectivity index (χ3v) is 6.71. The SMILES string of the molecule is C=CCNC(=S)Nc1cc(S(=O)(=O)N(CC)CC)ccc1N1CCCC1. The first-order valence-corrected chi connectivity index (χ1v) is 10.8. The van der Waals surface area contributed by atoms with Gasteiger partial charge in [-0.1, -0.05) is 19.9 Å². The molecule has 144 valence electrons. The molecule has 26 heavy (non-hydrogen) atoms. The van der Waals surface area contributed by atoms with Crippen LogP contribution in [0.25, 0.3) is 0 Å². The minimum Gasteiger partial charge on any atom is -0.370 e. The quantitative estimate of drug-likeness (QED) is 0.520. The van der Waals surface area contributed by atoms with Crippen molar-refractivity contribution < 1.29 is 8.42 Å². The summed E-state index contributed by atoms with van der Waals surface area (Å²) in [5, 5.41) is 6.63. The Morgan fingerprint density at radius 1 is 1.31 bits per heavy atom. The molecule has 0 unspecified atom stereocenters. The van der Waals surface area contributed by atoms with Crippen molar-refractivity contribution in [2.24, 2.45) is 0 Å². The molecule has 1 saturated heterocycles. The van der Waals surface area contributed by atoms with Gasteiger partial charge in [-0.3, -0.25) is 0 Å². The largest absolute Gasteiger partial charge is 0.370 e. The summed E-state index contributed by atoms with van der Waals surface area (Å²) < 4.78 is 27.2. The van der Waals surface area contributed by atoms with Gasteiger partial charge in [-0.25, -0.2) is 8.42 Å². The average molecular weight is 397 g/mol. The van der Waals surface area contributed by atoms with Crippen LogP contribution in [0.3, 0.4) is 0 Å². The van der Waals surface area contributed by atoms with Crippen LogP contribution in [0, 0.1) is 0 Å². The Morgan fingerprint density at radius 2 is 1.96 bits per heavy atom. The van der Waals surface area contributed by atoms with Gasteiger partial charge in [-0.05, 0) is 43.3 Å². The summed E-state index contributed by atoms with van der Waals surface area (Å²) >= 11 is 5.32. The number of thiocarbonyl (C=S) groups is 1. The van der Waals surface area contributed by atoms with E-state index in [0.717, 1.165) is 31.6 Å². The maximum absolute atomic E-state index is 12.9. The molecule has 0 atom stereocenters. The van der Waals surface area contributed by atoms with Crippen LogP contribution in [0.5, 0.6) is 0 Å². The monoisotopic (exact) mass is 396 g/mol. The molecule has 1 aliphatic rings. The molecular weight excluding hydrogens is 368 g/mol. The molecule has 0 amide bonds. The van der Waals surface area contributed by atoms with Crippen molar-refractivity contribution in [3.63, 3.8) is 0 Å². The number of nitrogens with zero attached hydrogens (tertiary/aromatic N) is 2. The smallest absolute Gasteiger partial charge is 0.243 e. The summed E-state index contributed by atoms with van der Waals surface area (Å²) in [6, 6.07) is 5.25. The van der Waals surface area contributed by atoms with Crippen LogP contribution in [-0.2, 0) is 10.0 Å². The zero-order valence-electron chi connectivity index (χ0n) is 15.5. The minimum atomic E-state index is -3.52. The van der Waals surface area contributed by atoms with E-state index in [1.165, 1.54) is 4.31 Å². The molecular formula is C18H28N4O2S2. The van der Waals surface area contributed by atoms with E-state index in [2.05, 4.69) is 22.1 Å². The van der Waals surface area contributed by atoms with Crippen molar-refractivity contribution in [3.8, 4) is 0 Å². The first-order valence-electron chi connectivity index (χ1n) is 8.98. The predicted molar refractivity (Wildman–Crippen MR) is 112 cm³/mol. The normalized spacial score (nSPS) is 14.5. The molecule has 1 aromatic carbocycles. The number of rotatable bonds is 8. The molecule has 0 saturated carbocycles. The zero-order valence-corrected chi connectivity index (χ0v) is 17.1. The van der Waals surface area contributed by atoms with Crippen molar-refractivity contribution in [2.45, 2.75) is 31.6 Å². The molecule has 0 radical (unpaired) electrons. The van der Waals surface area contributed by atoms with Crippen molar-refractivity contribution >= 4 is 38.7 Å². The molecule has 2 rings (SSSR count). The fourth-order valence-electron chi connectivity index (χ4n) is 3.05. The van der Waals surface area contributed by atoms with Crippen LogP contribution in [-0.4, -0.2) is 50.6 Å². The first-order chi connectivity index (χ1) is 12.4. The Bertz CT molecular complexity index is 740. The van der Waals surface area contributed by atoms with Crippen LogP contribution in [0.2, 0.25) is 0 Å². The lowest BCUT2D eigenvalue weighted by atomic mass is 10.2. The number of hydrogen-bond acceptors (Lipinski definition) is 4. The van der Waals surface area contributed by atoms with Gasteiger partial charge in [0.05, 0.1) is 16.3 Å². The van der Waals surface area contributed by atoms with Crippen molar-refractivity contribution in [2.75, 3.05) is 42.9 Å². The number of nitrogens with one attached hydrogen (secondary N) is 2. The van der Waals surface area contributed by atoms with Gasteiger partial charge in [0.15, 0.2) is 5.11 Å². The summed E-state index contributed by atoms with van der Waals surface area (Å²) in [6.07, 6.45) is 3.99. The molecule has 0 aliphatic carbocycles.